The van der Waals surface area contributed by atoms with Crippen molar-refractivity contribution in [1.82, 2.24) is 9.97 Å². The number of aromatic nitrogens is 2. The number of H-pyrrole nitrogens is 1. The average Bonchev–Trinajstić information content (AvgIpc) is 3.03. The first-order valence-electron chi connectivity index (χ1n) is 8.01. The molecule has 0 aliphatic carbocycles. The van der Waals surface area contributed by atoms with Gasteiger partial charge in [0.15, 0.2) is 0 Å². The topological polar surface area (TPSA) is 37.9 Å². The normalized spacial score (nSPS) is 12.1. The van der Waals surface area contributed by atoms with Gasteiger partial charge in [-0.1, -0.05) is 57.1 Å². The maximum absolute atomic E-state index is 5.98. The molecule has 1 unspecified atom stereocenters. The monoisotopic (exact) mass is 316 g/mol. The maximum atomic E-state index is 5.98. The summed E-state index contributed by atoms with van der Waals surface area (Å²) in [5.74, 6) is 1.79. The molecule has 0 aliphatic heterocycles. The molecule has 1 aromatic heterocycles. The van der Waals surface area contributed by atoms with Crippen molar-refractivity contribution in [2.24, 2.45) is 0 Å². The Morgan fingerprint density at radius 2 is 2.09 bits per heavy atom. The molecule has 0 spiro atoms. The van der Waals surface area contributed by atoms with Crippen molar-refractivity contribution in [2.45, 2.75) is 45.4 Å². The Bertz CT molecular complexity index is 581. The minimum atomic E-state index is -0.0113. The van der Waals surface area contributed by atoms with Gasteiger partial charge in [0.1, 0.15) is 11.6 Å². The van der Waals surface area contributed by atoms with Crippen molar-refractivity contribution in [3.05, 3.63) is 48.0 Å². The molecule has 1 atom stereocenters. The summed E-state index contributed by atoms with van der Waals surface area (Å²) in [4.78, 5) is 8.65. The van der Waals surface area contributed by atoms with Crippen molar-refractivity contribution in [2.75, 3.05) is 6.61 Å². The van der Waals surface area contributed by atoms with Gasteiger partial charge in [-0.05, 0) is 18.9 Å². The Hall–Kier alpha value is -1.68. The third kappa shape index (κ3) is 4.17. The number of imidazole rings is 1. The lowest BCUT2D eigenvalue weighted by Gasteiger charge is -2.20. The lowest BCUT2D eigenvalue weighted by atomic mass is 9.92. The molecule has 0 aliphatic rings. The second-order valence-corrected chi connectivity index (χ2v) is 5.89. The van der Waals surface area contributed by atoms with Gasteiger partial charge in [0.2, 0.25) is 0 Å². The summed E-state index contributed by atoms with van der Waals surface area (Å²) in [6.07, 6.45) is 7.74. The summed E-state index contributed by atoms with van der Waals surface area (Å²) in [6, 6.07) is 8.16. The van der Waals surface area contributed by atoms with Crippen LogP contribution in [-0.4, -0.2) is 21.4 Å². The van der Waals surface area contributed by atoms with E-state index < -0.39 is 0 Å². The van der Waals surface area contributed by atoms with Gasteiger partial charge in [-0.2, -0.15) is 0 Å². The van der Waals surface area contributed by atoms with Crippen LogP contribution in [0.3, 0.4) is 0 Å². The van der Waals surface area contributed by atoms with Crippen LogP contribution in [0.2, 0.25) is 0 Å². The highest BCUT2D eigenvalue weighted by Crippen LogP contribution is 2.33. The Labute approximate surface area is 138 Å². The molecule has 2 rings (SSSR count). The van der Waals surface area contributed by atoms with Crippen molar-refractivity contribution < 1.29 is 4.74 Å². The van der Waals surface area contributed by atoms with Crippen LogP contribution in [0, 0.1) is 0 Å². The number of hydrogen-bond donors (Lipinski definition) is 1. The summed E-state index contributed by atoms with van der Waals surface area (Å²) >= 11 is 5.68. The molecule has 0 saturated heterocycles. The Balaban J connectivity index is 2.33. The van der Waals surface area contributed by atoms with Crippen LogP contribution in [0.5, 0.6) is 5.75 Å². The Morgan fingerprint density at radius 1 is 1.27 bits per heavy atom. The van der Waals surface area contributed by atoms with Crippen molar-refractivity contribution >= 4 is 17.1 Å². The molecule has 1 aromatic carbocycles. The van der Waals surface area contributed by atoms with E-state index in [1.54, 1.807) is 6.20 Å². The average molecular weight is 316 g/mol. The fraction of sp³-hybridized carbons (Fsp3) is 0.444. The van der Waals surface area contributed by atoms with E-state index in [1.807, 2.05) is 24.4 Å². The van der Waals surface area contributed by atoms with Crippen LogP contribution in [0.4, 0.5) is 0 Å². The van der Waals surface area contributed by atoms with Crippen LogP contribution >= 0.6 is 12.2 Å². The number of aromatic amines is 1. The Morgan fingerprint density at radius 3 is 2.77 bits per heavy atom. The molecule has 22 heavy (non-hydrogen) atoms. The SMILES string of the molecule is CCCCOc1ccccc1C(C(=S)CCC)c1ncc[nH]1. The van der Waals surface area contributed by atoms with Crippen LogP contribution in [0.1, 0.15) is 56.8 Å². The second-order valence-electron chi connectivity index (χ2n) is 5.36. The van der Waals surface area contributed by atoms with Gasteiger partial charge in [0, 0.05) is 22.8 Å². The standard InChI is InChI=1S/C18H24N2OS/c1-3-5-13-21-15-10-7-6-9-14(15)17(16(22)8-4-2)18-19-11-12-20-18/h6-7,9-12,17H,3-5,8,13H2,1-2H3,(H,19,20). The van der Waals surface area contributed by atoms with E-state index in [9.17, 15) is 0 Å². The van der Waals surface area contributed by atoms with E-state index in [-0.39, 0.29) is 5.92 Å². The second kappa shape index (κ2) is 8.69. The number of unbranched alkanes of at least 4 members (excludes halogenated alkanes) is 1. The van der Waals surface area contributed by atoms with E-state index in [0.717, 1.165) is 54.3 Å². The van der Waals surface area contributed by atoms with Crippen LogP contribution < -0.4 is 4.74 Å². The van der Waals surface area contributed by atoms with Crippen LogP contribution in [0.25, 0.3) is 0 Å². The highest BCUT2D eigenvalue weighted by Gasteiger charge is 2.24. The maximum Gasteiger partial charge on any atom is 0.123 e. The molecule has 118 valence electrons. The zero-order valence-electron chi connectivity index (χ0n) is 13.3. The first kappa shape index (κ1) is 16.7. The molecule has 2 aromatic rings. The highest BCUT2D eigenvalue weighted by molar-refractivity contribution is 7.80. The number of thiocarbonyl (C=S) groups is 1. The Kier molecular flexibility index (Phi) is 6.59. The zero-order chi connectivity index (χ0) is 15.8. The van der Waals surface area contributed by atoms with Crippen molar-refractivity contribution in [1.29, 1.82) is 0 Å². The number of benzene rings is 1. The van der Waals surface area contributed by atoms with Crippen LogP contribution in [0.15, 0.2) is 36.7 Å². The minimum absolute atomic E-state index is 0.0113. The van der Waals surface area contributed by atoms with E-state index in [1.165, 1.54) is 0 Å². The molecule has 3 nitrogen and oxygen atoms in total. The molecule has 0 fully saturated rings. The van der Waals surface area contributed by atoms with Crippen molar-refractivity contribution in [3.8, 4) is 5.75 Å². The van der Waals surface area contributed by atoms with Gasteiger partial charge in [-0.15, -0.1) is 0 Å². The summed E-state index contributed by atoms with van der Waals surface area (Å²) in [6.45, 7) is 5.05. The summed E-state index contributed by atoms with van der Waals surface area (Å²) in [5.41, 5.74) is 1.10. The lowest BCUT2D eigenvalue weighted by molar-refractivity contribution is 0.306. The van der Waals surface area contributed by atoms with Crippen LogP contribution in [-0.2, 0) is 0 Å². The molecule has 0 bridgehead atoms. The summed E-state index contributed by atoms with van der Waals surface area (Å²) in [7, 11) is 0. The van der Waals surface area contributed by atoms with Crippen molar-refractivity contribution in [3.63, 3.8) is 0 Å². The molecule has 0 radical (unpaired) electrons. The largest absolute Gasteiger partial charge is 0.493 e. The number of nitrogens with one attached hydrogen (secondary N) is 1. The van der Waals surface area contributed by atoms with Gasteiger partial charge in [0.25, 0.3) is 0 Å². The van der Waals surface area contributed by atoms with E-state index in [4.69, 9.17) is 17.0 Å². The fourth-order valence-electron chi connectivity index (χ4n) is 2.48. The number of nitrogens with zero attached hydrogens (tertiary/aromatic N) is 1. The smallest absolute Gasteiger partial charge is 0.123 e. The molecular weight excluding hydrogens is 292 g/mol. The lowest BCUT2D eigenvalue weighted by Crippen LogP contribution is -2.15. The fourth-order valence-corrected chi connectivity index (χ4v) is 2.92. The highest BCUT2D eigenvalue weighted by atomic mass is 32.1. The van der Waals surface area contributed by atoms with Gasteiger partial charge in [0.05, 0.1) is 12.5 Å². The number of para-hydroxylation sites is 1. The molecule has 1 N–H and O–H groups in total. The minimum Gasteiger partial charge on any atom is -0.493 e. The number of rotatable bonds is 9. The van der Waals surface area contributed by atoms with Gasteiger partial charge in [-0.25, -0.2) is 4.98 Å². The quantitative estimate of drug-likeness (QED) is 0.528. The van der Waals surface area contributed by atoms with E-state index in [2.05, 4.69) is 29.9 Å². The summed E-state index contributed by atoms with van der Waals surface area (Å²) < 4.78 is 5.98. The van der Waals surface area contributed by atoms with E-state index in [0.29, 0.717) is 0 Å². The molecule has 4 heteroatoms. The predicted octanol–water partition coefficient (Wildman–Crippen LogP) is 4.89. The summed E-state index contributed by atoms with van der Waals surface area (Å²) in [5, 5.41) is 0. The van der Waals surface area contributed by atoms with Gasteiger partial charge >= 0.3 is 0 Å². The predicted molar refractivity (Wildman–Crippen MR) is 94.8 cm³/mol. The molecule has 1 heterocycles. The molecule has 0 saturated carbocycles. The number of hydrogen-bond acceptors (Lipinski definition) is 3. The van der Waals surface area contributed by atoms with Gasteiger partial charge < -0.3 is 9.72 Å². The first-order chi connectivity index (χ1) is 10.8. The molecule has 0 amide bonds. The zero-order valence-corrected chi connectivity index (χ0v) is 14.2. The first-order valence-corrected chi connectivity index (χ1v) is 8.42. The van der Waals surface area contributed by atoms with Gasteiger partial charge in [-0.3, -0.25) is 0 Å². The third-order valence-electron chi connectivity index (χ3n) is 3.60. The third-order valence-corrected chi connectivity index (χ3v) is 4.04. The van der Waals surface area contributed by atoms with E-state index >= 15 is 0 Å². The number of ether oxygens (including phenoxy) is 1. The molecular formula is C18H24N2OS.